The predicted octanol–water partition coefficient (Wildman–Crippen LogP) is 3.78. The summed E-state index contributed by atoms with van der Waals surface area (Å²) in [4.78, 5) is 12.4. The van der Waals surface area contributed by atoms with E-state index in [1.54, 1.807) is 0 Å². The van der Waals surface area contributed by atoms with Crippen molar-refractivity contribution in [3.63, 3.8) is 0 Å². The number of rotatable bonds is 5. The summed E-state index contributed by atoms with van der Waals surface area (Å²) < 4.78 is 6.00. The molecule has 1 aromatic carbocycles. The fourth-order valence-corrected chi connectivity index (χ4v) is 3.17. The van der Waals surface area contributed by atoms with E-state index < -0.39 is 6.09 Å². The molecule has 1 heterocycles. The maximum atomic E-state index is 10.9. The standard InChI is InChI=1S/C16H22BrNO3/c1-12(14-7-10-18(11-8-14)16(19)20)21-15-4-2-13(3-5-15)6-9-17/h2-5,12,14H,6-11H2,1H3,(H,19,20). The number of alkyl halides is 1. The van der Waals surface area contributed by atoms with Crippen LogP contribution in [0.4, 0.5) is 4.79 Å². The van der Waals surface area contributed by atoms with E-state index in [1.807, 2.05) is 12.1 Å². The van der Waals surface area contributed by atoms with Crippen LogP contribution in [0.2, 0.25) is 0 Å². The summed E-state index contributed by atoms with van der Waals surface area (Å²) in [5.74, 6) is 1.31. The highest BCUT2D eigenvalue weighted by atomic mass is 79.9. The van der Waals surface area contributed by atoms with Crippen LogP contribution in [0.5, 0.6) is 5.75 Å². The monoisotopic (exact) mass is 355 g/mol. The molecule has 4 nitrogen and oxygen atoms in total. The SMILES string of the molecule is CC(Oc1ccc(CCBr)cc1)C1CCN(C(=O)O)CC1. The number of carbonyl (C=O) groups is 1. The van der Waals surface area contributed by atoms with Gasteiger partial charge in [0.2, 0.25) is 0 Å². The first-order chi connectivity index (χ1) is 10.1. The summed E-state index contributed by atoms with van der Waals surface area (Å²) in [5, 5.41) is 9.92. The van der Waals surface area contributed by atoms with Gasteiger partial charge in [-0.05, 0) is 49.8 Å². The van der Waals surface area contributed by atoms with Gasteiger partial charge in [0.05, 0.1) is 6.10 Å². The summed E-state index contributed by atoms with van der Waals surface area (Å²) in [6, 6.07) is 8.22. The fourth-order valence-electron chi connectivity index (χ4n) is 2.71. The molecule has 1 aliphatic rings. The second-order valence-electron chi connectivity index (χ2n) is 5.51. The second-order valence-corrected chi connectivity index (χ2v) is 6.31. The summed E-state index contributed by atoms with van der Waals surface area (Å²) in [7, 11) is 0. The Bertz CT molecular complexity index is 455. The van der Waals surface area contributed by atoms with Crippen LogP contribution < -0.4 is 4.74 Å². The van der Waals surface area contributed by atoms with Gasteiger partial charge in [0, 0.05) is 18.4 Å². The van der Waals surface area contributed by atoms with Gasteiger partial charge in [-0.3, -0.25) is 0 Å². The third-order valence-electron chi connectivity index (χ3n) is 4.10. The Morgan fingerprint density at radius 3 is 2.52 bits per heavy atom. The van der Waals surface area contributed by atoms with Crippen molar-refractivity contribution in [2.45, 2.75) is 32.3 Å². The number of amides is 1. The summed E-state index contributed by atoms with van der Waals surface area (Å²) in [6.07, 6.45) is 2.06. The van der Waals surface area contributed by atoms with Gasteiger partial charge >= 0.3 is 6.09 Å². The Hall–Kier alpha value is -1.23. The number of nitrogens with zero attached hydrogens (tertiary/aromatic N) is 1. The van der Waals surface area contributed by atoms with Crippen molar-refractivity contribution in [3.05, 3.63) is 29.8 Å². The molecule has 21 heavy (non-hydrogen) atoms. The molecule has 0 bridgehead atoms. The molecule has 1 saturated heterocycles. The number of carboxylic acid groups (broad SMARTS) is 1. The van der Waals surface area contributed by atoms with Gasteiger partial charge in [-0.1, -0.05) is 28.1 Å². The van der Waals surface area contributed by atoms with Crippen LogP contribution in [-0.2, 0) is 6.42 Å². The topological polar surface area (TPSA) is 49.8 Å². The van der Waals surface area contributed by atoms with Crippen molar-refractivity contribution < 1.29 is 14.6 Å². The molecule has 0 aromatic heterocycles. The molecule has 1 aliphatic heterocycles. The maximum Gasteiger partial charge on any atom is 0.407 e. The van der Waals surface area contributed by atoms with E-state index in [0.29, 0.717) is 19.0 Å². The minimum absolute atomic E-state index is 0.114. The Morgan fingerprint density at radius 1 is 1.38 bits per heavy atom. The van der Waals surface area contributed by atoms with Gasteiger partial charge in [0.25, 0.3) is 0 Å². The van der Waals surface area contributed by atoms with Crippen molar-refractivity contribution in [1.29, 1.82) is 0 Å². The molecular weight excluding hydrogens is 334 g/mol. The first-order valence-corrected chi connectivity index (χ1v) is 8.51. The number of benzene rings is 1. The largest absolute Gasteiger partial charge is 0.490 e. The molecule has 0 saturated carbocycles. The summed E-state index contributed by atoms with van der Waals surface area (Å²) in [6.45, 7) is 3.29. The van der Waals surface area contributed by atoms with Crippen LogP contribution >= 0.6 is 15.9 Å². The smallest absolute Gasteiger partial charge is 0.407 e. The number of hydrogen-bond donors (Lipinski definition) is 1. The van der Waals surface area contributed by atoms with Gasteiger partial charge < -0.3 is 14.7 Å². The second kappa shape index (κ2) is 7.69. The molecule has 0 radical (unpaired) electrons. The molecule has 5 heteroatoms. The van der Waals surface area contributed by atoms with Crippen molar-refractivity contribution in [2.24, 2.45) is 5.92 Å². The van der Waals surface area contributed by atoms with Crippen LogP contribution in [0.3, 0.4) is 0 Å². The average Bonchev–Trinajstić information content (AvgIpc) is 2.49. The zero-order valence-electron chi connectivity index (χ0n) is 12.3. The summed E-state index contributed by atoms with van der Waals surface area (Å²) in [5.41, 5.74) is 1.29. The van der Waals surface area contributed by atoms with Gasteiger partial charge in [-0.15, -0.1) is 0 Å². The van der Waals surface area contributed by atoms with E-state index in [9.17, 15) is 4.79 Å². The highest BCUT2D eigenvalue weighted by Crippen LogP contribution is 2.25. The van der Waals surface area contributed by atoms with Crippen LogP contribution in [0.15, 0.2) is 24.3 Å². The van der Waals surface area contributed by atoms with Gasteiger partial charge in [0.1, 0.15) is 5.75 Å². The van der Waals surface area contributed by atoms with Crippen LogP contribution in [0.1, 0.15) is 25.3 Å². The normalized spacial score (nSPS) is 17.5. The molecule has 1 unspecified atom stereocenters. The van der Waals surface area contributed by atoms with E-state index in [4.69, 9.17) is 9.84 Å². The highest BCUT2D eigenvalue weighted by Gasteiger charge is 2.27. The lowest BCUT2D eigenvalue weighted by molar-refractivity contribution is 0.0813. The van der Waals surface area contributed by atoms with Crippen molar-refractivity contribution in [3.8, 4) is 5.75 Å². The van der Waals surface area contributed by atoms with Crippen LogP contribution in [0.25, 0.3) is 0 Å². The van der Waals surface area contributed by atoms with E-state index >= 15 is 0 Å². The number of likely N-dealkylation sites (tertiary alicyclic amines) is 1. The summed E-state index contributed by atoms with van der Waals surface area (Å²) >= 11 is 3.43. The van der Waals surface area contributed by atoms with Gasteiger partial charge in [-0.25, -0.2) is 4.79 Å². The van der Waals surface area contributed by atoms with Crippen LogP contribution in [0, 0.1) is 5.92 Å². The zero-order valence-corrected chi connectivity index (χ0v) is 13.9. The molecule has 1 amide bonds. The van der Waals surface area contributed by atoms with E-state index in [1.165, 1.54) is 10.5 Å². The molecule has 0 spiro atoms. The predicted molar refractivity (Wildman–Crippen MR) is 86.4 cm³/mol. The third-order valence-corrected chi connectivity index (χ3v) is 4.50. The molecule has 1 N–H and O–H groups in total. The maximum absolute atomic E-state index is 10.9. The molecule has 1 aromatic rings. The Balaban J connectivity index is 1.84. The number of ether oxygens (including phenoxy) is 1. The number of halogens is 1. The van der Waals surface area contributed by atoms with Gasteiger partial charge in [-0.2, -0.15) is 0 Å². The van der Waals surface area contributed by atoms with Crippen LogP contribution in [-0.4, -0.2) is 40.6 Å². The minimum Gasteiger partial charge on any atom is -0.490 e. The molecule has 1 atom stereocenters. The Morgan fingerprint density at radius 2 is 2.00 bits per heavy atom. The number of aryl methyl sites for hydroxylation is 1. The first-order valence-electron chi connectivity index (χ1n) is 7.39. The van der Waals surface area contributed by atoms with E-state index in [-0.39, 0.29) is 6.10 Å². The zero-order chi connectivity index (χ0) is 15.2. The Kier molecular flexibility index (Phi) is 5.91. The van der Waals surface area contributed by atoms with E-state index in [0.717, 1.165) is 30.3 Å². The molecular formula is C16H22BrNO3. The molecule has 0 aliphatic carbocycles. The lowest BCUT2D eigenvalue weighted by Crippen LogP contribution is -2.41. The van der Waals surface area contributed by atoms with E-state index in [2.05, 4.69) is 35.0 Å². The third kappa shape index (κ3) is 4.63. The molecule has 116 valence electrons. The van der Waals surface area contributed by atoms with Crippen molar-refractivity contribution in [2.75, 3.05) is 18.4 Å². The first kappa shape index (κ1) is 16.1. The molecule has 1 fully saturated rings. The minimum atomic E-state index is -0.815. The quantitative estimate of drug-likeness (QED) is 0.817. The highest BCUT2D eigenvalue weighted by molar-refractivity contribution is 9.09. The average molecular weight is 356 g/mol. The lowest BCUT2D eigenvalue weighted by Gasteiger charge is -2.33. The number of hydrogen-bond acceptors (Lipinski definition) is 2. The van der Waals surface area contributed by atoms with Crippen molar-refractivity contribution >= 4 is 22.0 Å². The number of piperidine rings is 1. The Labute approximate surface area is 134 Å². The van der Waals surface area contributed by atoms with Gasteiger partial charge in [0.15, 0.2) is 0 Å². The fraction of sp³-hybridized carbons (Fsp3) is 0.562. The lowest BCUT2D eigenvalue weighted by atomic mass is 9.92. The molecule has 2 rings (SSSR count). The van der Waals surface area contributed by atoms with Crippen molar-refractivity contribution in [1.82, 2.24) is 4.90 Å².